The molecule has 0 saturated carbocycles. The zero-order valence-electron chi connectivity index (χ0n) is 12.7. The SMILES string of the molecule is O=C(C=Cc1ccc(-c2cc(Cl)cc(Cl)c2)o1)Nc1ccc(Br)cn1. The van der Waals surface area contributed by atoms with Gasteiger partial charge in [0, 0.05) is 32.4 Å². The molecule has 3 aromatic rings. The largest absolute Gasteiger partial charge is 0.457 e. The highest BCUT2D eigenvalue weighted by atomic mass is 79.9. The molecule has 0 spiro atoms. The zero-order valence-corrected chi connectivity index (χ0v) is 15.8. The highest BCUT2D eigenvalue weighted by Crippen LogP contribution is 2.28. The Bertz CT molecular complexity index is 916. The van der Waals surface area contributed by atoms with Crippen LogP contribution in [0.4, 0.5) is 5.82 Å². The van der Waals surface area contributed by atoms with E-state index in [1.54, 1.807) is 54.7 Å². The van der Waals surface area contributed by atoms with Crippen LogP contribution in [0.15, 0.2) is 63.6 Å². The molecule has 1 N–H and O–H groups in total. The number of carbonyl (C=O) groups excluding carboxylic acids is 1. The van der Waals surface area contributed by atoms with Gasteiger partial charge in [0.15, 0.2) is 0 Å². The van der Waals surface area contributed by atoms with Gasteiger partial charge in [-0.25, -0.2) is 4.98 Å². The Kier molecular flexibility index (Phi) is 5.58. The van der Waals surface area contributed by atoms with E-state index in [0.717, 1.165) is 10.0 Å². The molecular weight excluding hydrogens is 427 g/mol. The Morgan fingerprint density at radius 3 is 2.56 bits per heavy atom. The van der Waals surface area contributed by atoms with E-state index >= 15 is 0 Å². The van der Waals surface area contributed by atoms with Crippen LogP contribution in [0.3, 0.4) is 0 Å². The van der Waals surface area contributed by atoms with Crippen molar-refractivity contribution < 1.29 is 9.21 Å². The Labute approximate surface area is 162 Å². The van der Waals surface area contributed by atoms with Crippen LogP contribution in [0.2, 0.25) is 10.0 Å². The Morgan fingerprint density at radius 1 is 1.12 bits per heavy atom. The van der Waals surface area contributed by atoms with Crippen LogP contribution in [0, 0.1) is 0 Å². The van der Waals surface area contributed by atoms with Crippen LogP contribution < -0.4 is 5.32 Å². The molecule has 0 atom stereocenters. The van der Waals surface area contributed by atoms with Gasteiger partial charge in [-0.2, -0.15) is 0 Å². The van der Waals surface area contributed by atoms with Crippen molar-refractivity contribution >= 4 is 56.9 Å². The summed E-state index contributed by atoms with van der Waals surface area (Å²) >= 11 is 15.3. The topological polar surface area (TPSA) is 55.1 Å². The summed E-state index contributed by atoms with van der Waals surface area (Å²) in [7, 11) is 0. The molecule has 1 amide bonds. The second-order valence-electron chi connectivity index (χ2n) is 5.04. The van der Waals surface area contributed by atoms with Gasteiger partial charge in [0.05, 0.1) is 0 Å². The molecule has 2 heterocycles. The lowest BCUT2D eigenvalue weighted by Gasteiger charge is -2.00. The summed E-state index contributed by atoms with van der Waals surface area (Å²) in [6.07, 6.45) is 4.55. The number of hydrogen-bond donors (Lipinski definition) is 1. The number of rotatable bonds is 4. The van der Waals surface area contributed by atoms with E-state index in [0.29, 0.717) is 27.4 Å². The van der Waals surface area contributed by atoms with Crippen LogP contribution in [0.1, 0.15) is 5.76 Å². The number of furan rings is 1. The summed E-state index contributed by atoms with van der Waals surface area (Å²) in [4.78, 5) is 16.0. The number of halogens is 3. The summed E-state index contributed by atoms with van der Waals surface area (Å²) in [5, 5.41) is 3.71. The number of carbonyl (C=O) groups is 1. The number of nitrogens with zero attached hydrogens (tertiary/aromatic N) is 1. The van der Waals surface area contributed by atoms with E-state index < -0.39 is 0 Å². The minimum atomic E-state index is -0.307. The Balaban J connectivity index is 1.69. The van der Waals surface area contributed by atoms with Crippen molar-refractivity contribution in [3.8, 4) is 11.3 Å². The van der Waals surface area contributed by atoms with Crippen molar-refractivity contribution in [2.24, 2.45) is 0 Å². The fraction of sp³-hybridized carbons (Fsp3) is 0. The van der Waals surface area contributed by atoms with E-state index in [9.17, 15) is 4.79 Å². The van der Waals surface area contributed by atoms with Crippen molar-refractivity contribution in [3.05, 3.63) is 75.0 Å². The first-order valence-corrected chi connectivity index (χ1v) is 8.71. The molecular formula is C18H11BrCl2N2O2. The molecule has 0 fully saturated rings. The third-order valence-corrected chi connectivity index (χ3v) is 4.06. The molecule has 2 aromatic heterocycles. The molecule has 0 saturated heterocycles. The molecule has 126 valence electrons. The lowest BCUT2D eigenvalue weighted by molar-refractivity contribution is -0.111. The van der Waals surface area contributed by atoms with Gasteiger partial charge in [-0.05, 0) is 64.5 Å². The predicted octanol–water partition coefficient (Wildman–Crippen LogP) is 6.06. The minimum absolute atomic E-state index is 0.307. The molecule has 7 heteroatoms. The fourth-order valence-corrected chi connectivity index (χ4v) is 2.83. The lowest BCUT2D eigenvalue weighted by atomic mass is 10.2. The number of aromatic nitrogens is 1. The van der Waals surface area contributed by atoms with Gasteiger partial charge >= 0.3 is 0 Å². The number of benzene rings is 1. The first-order chi connectivity index (χ1) is 12.0. The van der Waals surface area contributed by atoms with Crippen LogP contribution in [-0.4, -0.2) is 10.9 Å². The summed E-state index contributed by atoms with van der Waals surface area (Å²) < 4.78 is 6.53. The summed E-state index contributed by atoms with van der Waals surface area (Å²) in [6, 6.07) is 12.2. The molecule has 0 radical (unpaired) electrons. The molecule has 1 aromatic carbocycles. The molecule has 0 aliphatic heterocycles. The van der Waals surface area contributed by atoms with E-state index in [1.165, 1.54) is 6.08 Å². The molecule has 0 aliphatic rings. The van der Waals surface area contributed by atoms with Gasteiger partial charge in [0.2, 0.25) is 5.91 Å². The first-order valence-electron chi connectivity index (χ1n) is 7.16. The monoisotopic (exact) mass is 436 g/mol. The molecule has 0 bridgehead atoms. The predicted molar refractivity (Wildman–Crippen MR) is 104 cm³/mol. The third-order valence-electron chi connectivity index (χ3n) is 3.15. The van der Waals surface area contributed by atoms with Crippen molar-refractivity contribution in [1.29, 1.82) is 0 Å². The summed E-state index contributed by atoms with van der Waals surface area (Å²) in [5.41, 5.74) is 0.765. The van der Waals surface area contributed by atoms with E-state index in [-0.39, 0.29) is 5.91 Å². The van der Waals surface area contributed by atoms with Crippen molar-refractivity contribution in [1.82, 2.24) is 4.98 Å². The van der Waals surface area contributed by atoms with E-state index in [1.807, 2.05) is 0 Å². The highest BCUT2D eigenvalue weighted by Gasteiger charge is 2.06. The Hall–Kier alpha value is -2.08. The summed E-state index contributed by atoms with van der Waals surface area (Å²) in [5.74, 6) is 1.30. The number of pyridine rings is 1. The first kappa shape index (κ1) is 17.7. The highest BCUT2D eigenvalue weighted by molar-refractivity contribution is 9.10. The number of amides is 1. The summed E-state index contributed by atoms with van der Waals surface area (Å²) in [6.45, 7) is 0. The minimum Gasteiger partial charge on any atom is -0.457 e. The molecule has 0 unspecified atom stereocenters. The molecule has 4 nitrogen and oxygen atoms in total. The zero-order chi connectivity index (χ0) is 17.8. The van der Waals surface area contributed by atoms with Crippen molar-refractivity contribution in [3.63, 3.8) is 0 Å². The van der Waals surface area contributed by atoms with Gasteiger partial charge in [-0.1, -0.05) is 23.2 Å². The fourth-order valence-electron chi connectivity index (χ4n) is 2.07. The lowest BCUT2D eigenvalue weighted by Crippen LogP contribution is -2.08. The van der Waals surface area contributed by atoms with Crippen LogP contribution >= 0.6 is 39.1 Å². The maximum atomic E-state index is 11.9. The second kappa shape index (κ2) is 7.87. The van der Waals surface area contributed by atoms with Crippen LogP contribution in [-0.2, 0) is 4.79 Å². The quantitative estimate of drug-likeness (QED) is 0.504. The van der Waals surface area contributed by atoms with E-state index in [4.69, 9.17) is 27.6 Å². The smallest absolute Gasteiger partial charge is 0.249 e. The van der Waals surface area contributed by atoms with Gasteiger partial charge in [0.25, 0.3) is 0 Å². The average Bonchev–Trinajstić information content (AvgIpc) is 3.03. The van der Waals surface area contributed by atoms with Gasteiger partial charge < -0.3 is 9.73 Å². The second-order valence-corrected chi connectivity index (χ2v) is 6.83. The van der Waals surface area contributed by atoms with Crippen molar-refractivity contribution in [2.75, 3.05) is 5.32 Å². The Morgan fingerprint density at radius 2 is 1.88 bits per heavy atom. The van der Waals surface area contributed by atoms with Crippen LogP contribution in [0.5, 0.6) is 0 Å². The van der Waals surface area contributed by atoms with Gasteiger partial charge in [-0.15, -0.1) is 0 Å². The van der Waals surface area contributed by atoms with Gasteiger partial charge in [0.1, 0.15) is 17.3 Å². The van der Waals surface area contributed by atoms with Crippen LogP contribution in [0.25, 0.3) is 17.4 Å². The maximum absolute atomic E-state index is 11.9. The molecule has 3 rings (SSSR count). The van der Waals surface area contributed by atoms with Gasteiger partial charge in [-0.3, -0.25) is 4.79 Å². The number of nitrogens with one attached hydrogen (secondary N) is 1. The van der Waals surface area contributed by atoms with Crippen molar-refractivity contribution in [2.45, 2.75) is 0 Å². The average molecular weight is 438 g/mol. The molecule has 25 heavy (non-hydrogen) atoms. The standard InChI is InChI=1S/C18H11BrCl2N2O2/c19-12-1-5-17(22-10-12)23-18(24)6-3-15-2-4-16(25-15)11-7-13(20)9-14(21)8-11/h1-10H,(H,22,23,24). The molecule has 0 aliphatic carbocycles. The number of anilines is 1. The number of hydrogen-bond acceptors (Lipinski definition) is 3. The third kappa shape index (κ3) is 4.95. The normalized spacial score (nSPS) is 11.0. The van der Waals surface area contributed by atoms with E-state index in [2.05, 4.69) is 26.2 Å². The maximum Gasteiger partial charge on any atom is 0.249 e.